The summed E-state index contributed by atoms with van der Waals surface area (Å²) in [5.41, 5.74) is 0.318. The number of carboxylic acid groups (broad SMARTS) is 1. The van der Waals surface area contributed by atoms with Crippen LogP contribution in [0, 0.1) is 0 Å². The highest BCUT2D eigenvalue weighted by molar-refractivity contribution is 7.90. The zero-order chi connectivity index (χ0) is 15.3. The number of amides is 1. The minimum Gasteiger partial charge on any atom is -0.480 e. The van der Waals surface area contributed by atoms with E-state index in [1.165, 1.54) is 12.1 Å². The van der Waals surface area contributed by atoms with Crippen LogP contribution in [0.4, 0.5) is 5.69 Å². The molecule has 1 amide bonds. The van der Waals surface area contributed by atoms with Crippen molar-refractivity contribution in [1.29, 1.82) is 0 Å². The molecular formula is C12H14ClNO5S. The maximum absolute atomic E-state index is 12.0. The number of nitrogens with zero attached hydrogens (tertiary/aromatic N) is 1. The SMILES string of the molecule is CS(=O)(=O)CCC(=O)N(CC(=O)O)c1cccc(Cl)c1. The standard InChI is InChI=1S/C12H14ClNO5S/c1-20(18,19)6-5-11(15)14(8-12(16)17)10-4-2-3-9(13)7-10/h2-4,7H,5-6,8H2,1H3,(H,16,17). The average molecular weight is 320 g/mol. The lowest BCUT2D eigenvalue weighted by molar-refractivity contribution is -0.136. The first-order valence-corrected chi connectivity index (χ1v) is 8.08. The normalized spacial score (nSPS) is 11.1. The van der Waals surface area contributed by atoms with Crippen molar-refractivity contribution in [2.24, 2.45) is 0 Å². The molecule has 0 bridgehead atoms. The molecule has 0 saturated carbocycles. The highest BCUT2D eigenvalue weighted by Crippen LogP contribution is 2.20. The number of hydrogen-bond acceptors (Lipinski definition) is 4. The summed E-state index contributed by atoms with van der Waals surface area (Å²) in [6.45, 7) is -0.553. The first kappa shape index (κ1) is 16.5. The van der Waals surface area contributed by atoms with Gasteiger partial charge in [-0.15, -0.1) is 0 Å². The van der Waals surface area contributed by atoms with Gasteiger partial charge in [0.15, 0.2) is 0 Å². The second kappa shape index (κ2) is 6.71. The number of aliphatic carboxylic acids is 1. The topological polar surface area (TPSA) is 91.8 Å². The van der Waals surface area contributed by atoms with Crippen molar-refractivity contribution in [1.82, 2.24) is 0 Å². The van der Waals surface area contributed by atoms with Crippen molar-refractivity contribution in [3.05, 3.63) is 29.3 Å². The van der Waals surface area contributed by atoms with Crippen molar-refractivity contribution < 1.29 is 23.1 Å². The number of halogens is 1. The minimum absolute atomic E-state index is 0.279. The van der Waals surface area contributed by atoms with Crippen LogP contribution in [-0.4, -0.2) is 44.0 Å². The third-order valence-electron chi connectivity index (χ3n) is 2.40. The molecule has 0 aliphatic heterocycles. The molecule has 20 heavy (non-hydrogen) atoms. The summed E-state index contributed by atoms with van der Waals surface area (Å²) in [7, 11) is -3.29. The Balaban J connectivity index is 2.94. The molecule has 0 radical (unpaired) electrons. The molecule has 1 aromatic rings. The fourth-order valence-corrected chi connectivity index (χ4v) is 2.24. The van der Waals surface area contributed by atoms with E-state index in [0.29, 0.717) is 10.7 Å². The van der Waals surface area contributed by atoms with Crippen molar-refractivity contribution in [2.45, 2.75) is 6.42 Å². The van der Waals surface area contributed by atoms with Crippen LogP contribution >= 0.6 is 11.6 Å². The monoisotopic (exact) mass is 319 g/mol. The lowest BCUT2D eigenvalue weighted by Crippen LogP contribution is -2.36. The van der Waals surface area contributed by atoms with Crippen LogP contribution in [0.15, 0.2) is 24.3 Å². The summed E-state index contributed by atoms with van der Waals surface area (Å²) in [5.74, 6) is -2.11. The Hall–Kier alpha value is -1.60. The number of sulfone groups is 1. The van der Waals surface area contributed by atoms with E-state index in [-0.39, 0.29) is 12.2 Å². The molecule has 0 fully saturated rings. The number of carbonyl (C=O) groups excluding carboxylic acids is 1. The largest absolute Gasteiger partial charge is 0.480 e. The predicted octanol–water partition coefficient (Wildman–Crippen LogP) is 1.19. The molecule has 1 aromatic carbocycles. The van der Waals surface area contributed by atoms with Gasteiger partial charge >= 0.3 is 5.97 Å². The van der Waals surface area contributed by atoms with E-state index in [2.05, 4.69) is 0 Å². The summed E-state index contributed by atoms with van der Waals surface area (Å²) in [5, 5.41) is 9.20. The molecule has 1 rings (SSSR count). The second-order valence-corrected chi connectivity index (χ2v) is 6.93. The van der Waals surface area contributed by atoms with Gasteiger partial charge in [-0.3, -0.25) is 9.59 Å². The van der Waals surface area contributed by atoms with Crippen LogP contribution in [0.25, 0.3) is 0 Å². The predicted molar refractivity (Wildman–Crippen MR) is 75.8 cm³/mol. The quantitative estimate of drug-likeness (QED) is 0.850. The van der Waals surface area contributed by atoms with Crippen LogP contribution in [0.1, 0.15) is 6.42 Å². The van der Waals surface area contributed by atoms with Crippen LogP contribution in [0.3, 0.4) is 0 Å². The van der Waals surface area contributed by atoms with Gasteiger partial charge in [-0.1, -0.05) is 17.7 Å². The smallest absolute Gasteiger partial charge is 0.323 e. The van der Waals surface area contributed by atoms with Gasteiger partial charge in [0.1, 0.15) is 16.4 Å². The molecule has 0 aliphatic carbocycles. The Morgan fingerprint density at radius 2 is 2.00 bits per heavy atom. The van der Waals surface area contributed by atoms with Gasteiger partial charge < -0.3 is 10.0 Å². The van der Waals surface area contributed by atoms with Gasteiger partial charge in [-0.05, 0) is 18.2 Å². The van der Waals surface area contributed by atoms with Crippen LogP contribution in [0.5, 0.6) is 0 Å². The third kappa shape index (κ3) is 5.58. The Labute approximate surface area is 121 Å². The van der Waals surface area contributed by atoms with E-state index in [0.717, 1.165) is 11.2 Å². The average Bonchev–Trinajstić information content (AvgIpc) is 2.32. The van der Waals surface area contributed by atoms with Gasteiger partial charge in [0.05, 0.1) is 5.75 Å². The Morgan fingerprint density at radius 1 is 1.35 bits per heavy atom. The summed E-state index contributed by atoms with van der Waals surface area (Å²) >= 11 is 5.80. The molecular weight excluding hydrogens is 306 g/mol. The molecule has 0 saturated heterocycles. The molecule has 0 aromatic heterocycles. The Kier molecular flexibility index (Phi) is 5.52. The van der Waals surface area contributed by atoms with E-state index in [1.807, 2.05) is 0 Å². The summed E-state index contributed by atoms with van der Waals surface area (Å²) in [6, 6.07) is 6.15. The first-order chi connectivity index (χ1) is 9.19. The van der Waals surface area contributed by atoms with E-state index in [4.69, 9.17) is 16.7 Å². The van der Waals surface area contributed by atoms with Gasteiger partial charge in [-0.25, -0.2) is 8.42 Å². The van der Waals surface area contributed by atoms with Crippen LogP contribution < -0.4 is 4.90 Å². The van der Waals surface area contributed by atoms with E-state index >= 15 is 0 Å². The summed E-state index contributed by atoms with van der Waals surface area (Å²) in [4.78, 5) is 23.8. The summed E-state index contributed by atoms with van der Waals surface area (Å²) in [6.07, 6.45) is 0.736. The molecule has 0 unspecified atom stereocenters. The van der Waals surface area contributed by atoms with Crippen molar-refractivity contribution in [3.8, 4) is 0 Å². The second-order valence-electron chi connectivity index (χ2n) is 4.23. The fraction of sp³-hybridized carbons (Fsp3) is 0.333. The molecule has 0 spiro atoms. The van der Waals surface area contributed by atoms with Gasteiger partial charge in [0.2, 0.25) is 5.91 Å². The maximum Gasteiger partial charge on any atom is 0.323 e. The fourth-order valence-electron chi connectivity index (χ4n) is 1.51. The van der Waals surface area contributed by atoms with Crippen LogP contribution in [0.2, 0.25) is 5.02 Å². The number of benzene rings is 1. The van der Waals surface area contributed by atoms with Crippen molar-refractivity contribution in [2.75, 3.05) is 23.5 Å². The molecule has 0 aliphatic rings. The molecule has 6 nitrogen and oxygen atoms in total. The maximum atomic E-state index is 12.0. The molecule has 8 heteroatoms. The van der Waals surface area contributed by atoms with Gasteiger partial charge in [0, 0.05) is 23.4 Å². The molecule has 1 N–H and O–H groups in total. The summed E-state index contributed by atoms with van der Waals surface area (Å²) < 4.78 is 22.1. The minimum atomic E-state index is -3.29. The number of carbonyl (C=O) groups is 2. The van der Waals surface area contributed by atoms with E-state index < -0.39 is 28.3 Å². The zero-order valence-electron chi connectivity index (χ0n) is 10.7. The number of rotatable bonds is 6. The first-order valence-electron chi connectivity index (χ1n) is 5.64. The Morgan fingerprint density at radius 3 is 2.50 bits per heavy atom. The zero-order valence-corrected chi connectivity index (χ0v) is 12.3. The lowest BCUT2D eigenvalue weighted by Gasteiger charge is -2.21. The highest BCUT2D eigenvalue weighted by atomic mass is 35.5. The highest BCUT2D eigenvalue weighted by Gasteiger charge is 2.20. The van der Waals surface area contributed by atoms with Gasteiger partial charge in [0.25, 0.3) is 0 Å². The molecule has 0 atom stereocenters. The van der Waals surface area contributed by atoms with Crippen LogP contribution in [-0.2, 0) is 19.4 Å². The van der Waals surface area contributed by atoms with E-state index in [9.17, 15) is 18.0 Å². The molecule has 110 valence electrons. The van der Waals surface area contributed by atoms with Gasteiger partial charge in [-0.2, -0.15) is 0 Å². The molecule has 0 heterocycles. The number of carboxylic acids is 1. The lowest BCUT2D eigenvalue weighted by atomic mass is 10.2. The van der Waals surface area contributed by atoms with Crippen molar-refractivity contribution >= 4 is 39.0 Å². The number of anilines is 1. The van der Waals surface area contributed by atoms with Crippen molar-refractivity contribution in [3.63, 3.8) is 0 Å². The third-order valence-corrected chi connectivity index (χ3v) is 3.58. The number of hydrogen-bond donors (Lipinski definition) is 1. The Bertz CT molecular complexity index is 614. The van der Waals surface area contributed by atoms with E-state index in [1.54, 1.807) is 12.1 Å².